The first-order valence-corrected chi connectivity index (χ1v) is 13.7. The molecule has 0 N–H and O–H groups in total. The van der Waals surface area contributed by atoms with Gasteiger partial charge in [-0.2, -0.15) is 10.1 Å². The van der Waals surface area contributed by atoms with E-state index in [4.69, 9.17) is 9.47 Å². The molecule has 1 aromatic carbocycles. The summed E-state index contributed by atoms with van der Waals surface area (Å²) in [5, 5.41) is 4.42. The van der Waals surface area contributed by atoms with Crippen LogP contribution in [-0.4, -0.2) is 70.2 Å². The van der Waals surface area contributed by atoms with E-state index in [0.717, 1.165) is 62.1 Å². The highest BCUT2D eigenvalue weighted by Gasteiger charge is 2.31. The van der Waals surface area contributed by atoms with Crippen LogP contribution < -0.4 is 14.6 Å². The second kappa shape index (κ2) is 10.4. The van der Waals surface area contributed by atoms with Gasteiger partial charge >= 0.3 is 0 Å². The molecule has 0 saturated carbocycles. The van der Waals surface area contributed by atoms with E-state index in [1.807, 2.05) is 39.7 Å². The standard InChI is InChI=1S/C27H32N6O3S/c1-19(2)33-27(28-18-29-33)32-17-23-22-16-20(5-6-24(22)36-13-7-25(23)37-32)21-4-3-8-31(26(21)34)10-9-30-11-14-35-15-12-30/h3-6,8,16,18-19H,7,9-15,17H2,1-2H3. The van der Waals surface area contributed by atoms with Gasteiger partial charge in [0.2, 0.25) is 5.95 Å². The van der Waals surface area contributed by atoms with Crippen LogP contribution in [-0.2, 0) is 11.3 Å². The van der Waals surface area contributed by atoms with Gasteiger partial charge in [-0.05, 0) is 61.2 Å². The number of hydrogen-bond acceptors (Lipinski definition) is 8. The Balaban J connectivity index is 1.28. The highest BCUT2D eigenvalue weighted by Crippen LogP contribution is 2.46. The molecule has 0 atom stereocenters. The number of anilines is 1. The Labute approximate surface area is 220 Å². The fourth-order valence-corrected chi connectivity index (χ4v) is 6.23. The van der Waals surface area contributed by atoms with Crippen molar-refractivity contribution in [1.82, 2.24) is 24.2 Å². The molecule has 0 unspecified atom stereocenters. The highest BCUT2D eigenvalue weighted by molar-refractivity contribution is 8.04. The third kappa shape index (κ3) is 4.81. The topological polar surface area (TPSA) is 77.7 Å². The smallest absolute Gasteiger partial charge is 0.258 e. The maximum Gasteiger partial charge on any atom is 0.258 e. The summed E-state index contributed by atoms with van der Waals surface area (Å²) in [5.41, 5.74) is 3.95. The van der Waals surface area contributed by atoms with Crippen LogP contribution >= 0.6 is 11.9 Å². The first-order chi connectivity index (χ1) is 18.1. The van der Waals surface area contributed by atoms with Crippen LogP contribution in [0.25, 0.3) is 16.7 Å². The summed E-state index contributed by atoms with van der Waals surface area (Å²) in [6, 6.07) is 10.2. The van der Waals surface area contributed by atoms with Gasteiger partial charge in [0.05, 0.1) is 32.4 Å². The predicted octanol–water partition coefficient (Wildman–Crippen LogP) is 3.68. The van der Waals surface area contributed by atoms with E-state index < -0.39 is 0 Å². The fraction of sp³-hybridized carbons (Fsp3) is 0.444. The molecule has 0 bridgehead atoms. The van der Waals surface area contributed by atoms with Crippen molar-refractivity contribution in [3.8, 4) is 16.9 Å². The largest absolute Gasteiger partial charge is 0.493 e. The van der Waals surface area contributed by atoms with Crippen LogP contribution in [0.15, 0.2) is 52.6 Å². The van der Waals surface area contributed by atoms with E-state index in [1.54, 1.807) is 18.3 Å². The molecule has 0 aliphatic carbocycles. The number of hydrogen-bond donors (Lipinski definition) is 0. The molecule has 1 fully saturated rings. The summed E-state index contributed by atoms with van der Waals surface area (Å²) in [4.78, 5) is 21.6. The van der Waals surface area contributed by atoms with Gasteiger partial charge < -0.3 is 14.0 Å². The Morgan fingerprint density at radius 3 is 2.78 bits per heavy atom. The zero-order valence-electron chi connectivity index (χ0n) is 21.3. The number of ether oxygens (including phenoxy) is 2. The maximum absolute atomic E-state index is 13.5. The molecule has 37 heavy (non-hydrogen) atoms. The van der Waals surface area contributed by atoms with E-state index in [9.17, 15) is 4.79 Å². The van der Waals surface area contributed by atoms with Crippen LogP contribution in [0, 0.1) is 0 Å². The van der Waals surface area contributed by atoms with Crippen molar-refractivity contribution >= 4 is 23.5 Å². The third-order valence-electron chi connectivity index (χ3n) is 7.11. The fourth-order valence-electron chi connectivity index (χ4n) is 5.10. The molecule has 0 spiro atoms. The van der Waals surface area contributed by atoms with Crippen molar-refractivity contribution in [1.29, 1.82) is 0 Å². The van der Waals surface area contributed by atoms with Gasteiger partial charge in [-0.3, -0.25) is 14.0 Å². The van der Waals surface area contributed by atoms with Crippen LogP contribution in [0.4, 0.5) is 5.95 Å². The minimum absolute atomic E-state index is 0.0342. The summed E-state index contributed by atoms with van der Waals surface area (Å²) in [7, 11) is 0. The molecule has 10 heteroatoms. The highest BCUT2D eigenvalue weighted by atomic mass is 32.2. The molecule has 3 aliphatic rings. The molecule has 1 saturated heterocycles. The number of pyridine rings is 1. The van der Waals surface area contributed by atoms with Gasteiger partial charge in [-0.15, -0.1) is 0 Å². The summed E-state index contributed by atoms with van der Waals surface area (Å²) < 4.78 is 17.5. The van der Waals surface area contributed by atoms with Gasteiger partial charge in [-0.25, -0.2) is 4.68 Å². The van der Waals surface area contributed by atoms with Crippen LogP contribution in [0.1, 0.15) is 31.9 Å². The summed E-state index contributed by atoms with van der Waals surface area (Å²) in [5.74, 6) is 1.73. The number of fused-ring (bicyclic) bond motifs is 2. The van der Waals surface area contributed by atoms with E-state index >= 15 is 0 Å². The maximum atomic E-state index is 13.5. The third-order valence-corrected chi connectivity index (χ3v) is 8.29. The number of morpholine rings is 1. The normalized spacial score (nSPS) is 18.1. The minimum Gasteiger partial charge on any atom is -0.493 e. The SMILES string of the molecule is CC(C)n1ncnc1N1CC2=C(CCOc3ccc(-c4cccn(CCN5CCOCC5)c4=O)cc32)S1. The second-order valence-electron chi connectivity index (χ2n) is 9.81. The summed E-state index contributed by atoms with van der Waals surface area (Å²) in [6.07, 6.45) is 4.35. The Kier molecular flexibility index (Phi) is 6.79. The first kappa shape index (κ1) is 24.3. The lowest BCUT2D eigenvalue weighted by atomic mass is 9.98. The van der Waals surface area contributed by atoms with Crippen molar-refractivity contribution in [2.75, 3.05) is 50.3 Å². The Hall–Kier alpha value is -3.08. The van der Waals surface area contributed by atoms with Gasteiger partial charge in [0.25, 0.3) is 5.56 Å². The van der Waals surface area contributed by atoms with E-state index in [1.165, 1.54) is 10.5 Å². The van der Waals surface area contributed by atoms with Crippen molar-refractivity contribution in [3.05, 3.63) is 63.7 Å². The molecular weight excluding hydrogens is 488 g/mol. The van der Waals surface area contributed by atoms with Crippen molar-refractivity contribution < 1.29 is 9.47 Å². The molecule has 0 amide bonds. The average molecular weight is 521 g/mol. The Bertz CT molecular complexity index is 1370. The molecule has 2 aromatic heterocycles. The van der Waals surface area contributed by atoms with Gasteiger partial charge in [0.1, 0.15) is 12.1 Å². The lowest BCUT2D eigenvalue weighted by molar-refractivity contribution is 0.0363. The van der Waals surface area contributed by atoms with Crippen LogP contribution in [0.3, 0.4) is 0 Å². The van der Waals surface area contributed by atoms with Crippen molar-refractivity contribution in [2.24, 2.45) is 0 Å². The molecular formula is C27H32N6O3S. The zero-order chi connectivity index (χ0) is 25.4. The molecule has 3 aromatic rings. The molecule has 6 rings (SSSR count). The van der Waals surface area contributed by atoms with Crippen molar-refractivity contribution in [3.63, 3.8) is 0 Å². The predicted molar refractivity (Wildman–Crippen MR) is 146 cm³/mol. The molecule has 0 radical (unpaired) electrons. The second-order valence-corrected chi connectivity index (χ2v) is 10.9. The molecule has 3 aliphatic heterocycles. The number of benzene rings is 1. The van der Waals surface area contributed by atoms with Crippen LogP contribution in [0.2, 0.25) is 0 Å². The molecule has 9 nitrogen and oxygen atoms in total. The van der Waals surface area contributed by atoms with E-state index in [2.05, 4.69) is 39.2 Å². The van der Waals surface area contributed by atoms with Gasteiger partial charge in [0.15, 0.2) is 0 Å². The lowest BCUT2D eigenvalue weighted by Gasteiger charge is -2.26. The lowest BCUT2D eigenvalue weighted by Crippen LogP contribution is -2.39. The first-order valence-electron chi connectivity index (χ1n) is 12.9. The minimum atomic E-state index is 0.0342. The monoisotopic (exact) mass is 520 g/mol. The number of rotatable bonds is 6. The molecule has 194 valence electrons. The van der Waals surface area contributed by atoms with Crippen molar-refractivity contribution in [2.45, 2.75) is 32.9 Å². The Morgan fingerprint density at radius 1 is 1.08 bits per heavy atom. The quantitative estimate of drug-likeness (QED) is 0.456. The Morgan fingerprint density at radius 2 is 1.95 bits per heavy atom. The van der Waals surface area contributed by atoms with Gasteiger partial charge in [0, 0.05) is 54.8 Å². The van der Waals surface area contributed by atoms with E-state index in [0.29, 0.717) is 25.3 Å². The van der Waals surface area contributed by atoms with Crippen LogP contribution in [0.5, 0.6) is 5.75 Å². The average Bonchev–Trinajstić information content (AvgIpc) is 3.53. The summed E-state index contributed by atoms with van der Waals surface area (Å²) in [6.45, 7) is 10.4. The van der Waals surface area contributed by atoms with E-state index in [-0.39, 0.29) is 11.6 Å². The number of nitrogens with zero attached hydrogens (tertiary/aromatic N) is 6. The van der Waals surface area contributed by atoms with Gasteiger partial charge in [-0.1, -0.05) is 6.07 Å². The number of aromatic nitrogens is 4. The zero-order valence-corrected chi connectivity index (χ0v) is 22.1. The summed E-state index contributed by atoms with van der Waals surface area (Å²) >= 11 is 1.72. The molecule has 5 heterocycles.